The summed E-state index contributed by atoms with van der Waals surface area (Å²) in [5, 5.41) is 0.901. The smallest absolute Gasteiger partial charge is 0.410 e. The number of carbonyl (C=O) groups excluding carboxylic acids is 1. The molecule has 206 valence electrons. The molecule has 3 aliphatic rings. The van der Waals surface area contributed by atoms with Crippen LogP contribution in [0.15, 0.2) is 36.7 Å². The molecule has 6 rings (SSSR count). The molecular formula is C31H39N5O3. The van der Waals surface area contributed by atoms with Crippen LogP contribution in [0.4, 0.5) is 10.6 Å². The van der Waals surface area contributed by atoms with E-state index in [1.165, 1.54) is 5.57 Å². The minimum atomic E-state index is -0.469. The number of hydrogen-bond donors (Lipinski definition) is 1. The van der Waals surface area contributed by atoms with Gasteiger partial charge in [-0.3, -0.25) is 0 Å². The number of aryl methyl sites for hydroxylation is 1. The minimum absolute atomic E-state index is 0.197. The zero-order valence-corrected chi connectivity index (χ0v) is 23.5. The van der Waals surface area contributed by atoms with E-state index in [4.69, 9.17) is 15.2 Å². The highest BCUT2D eigenvalue weighted by Crippen LogP contribution is 2.49. The van der Waals surface area contributed by atoms with Crippen LogP contribution in [-0.4, -0.2) is 50.3 Å². The number of fused-ring (bicyclic) bond motifs is 1. The van der Waals surface area contributed by atoms with E-state index in [1.54, 1.807) is 6.33 Å². The van der Waals surface area contributed by atoms with Crippen LogP contribution < -0.4 is 10.5 Å². The Balaban J connectivity index is 1.28. The van der Waals surface area contributed by atoms with Gasteiger partial charge in [0.05, 0.1) is 17.2 Å². The van der Waals surface area contributed by atoms with Crippen molar-refractivity contribution in [2.75, 3.05) is 18.8 Å². The lowest BCUT2D eigenvalue weighted by Gasteiger charge is -2.43. The zero-order valence-electron chi connectivity index (χ0n) is 23.5. The number of carbonyl (C=O) groups is 1. The molecule has 2 aliphatic carbocycles. The number of nitrogen functional groups attached to an aromatic ring is 1. The largest absolute Gasteiger partial charge is 0.490 e. The molecule has 1 aliphatic heterocycles. The first kappa shape index (κ1) is 25.7. The molecule has 1 spiro atoms. The number of rotatable bonds is 4. The molecule has 2 aromatic heterocycles. The summed E-state index contributed by atoms with van der Waals surface area (Å²) in [6.45, 7) is 7.25. The van der Waals surface area contributed by atoms with Crippen LogP contribution in [0, 0.1) is 5.41 Å². The van der Waals surface area contributed by atoms with Gasteiger partial charge in [0.15, 0.2) is 0 Å². The van der Waals surface area contributed by atoms with Crippen molar-refractivity contribution in [2.24, 2.45) is 12.5 Å². The van der Waals surface area contributed by atoms with E-state index in [9.17, 15) is 4.79 Å². The zero-order chi connectivity index (χ0) is 27.4. The van der Waals surface area contributed by atoms with E-state index in [-0.39, 0.29) is 11.5 Å². The first-order valence-corrected chi connectivity index (χ1v) is 14.2. The Morgan fingerprint density at radius 1 is 1.08 bits per heavy atom. The second-order valence-electron chi connectivity index (χ2n) is 12.5. The number of allylic oxidation sites excluding steroid dienone is 2. The summed E-state index contributed by atoms with van der Waals surface area (Å²) in [5.41, 5.74) is 11.7. The normalized spacial score (nSPS) is 19.3. The number of benzene rings is 1. The Morgan fingerprint density at radius 3 is 2.41 bits per heavy atom. The fourth-order valence-electron chi connectivity index (χ4n) is 6.11. The van der Waals surface area contributed by atoms with Crippen LogP contribution in [0.5, 0.6) is 5.75 Å². The first-order chi connectivity index (χ1) is 18.6. The maximum Gasteiger partial charge on any atom is 0.410 e. The standard InChI is InChI=1S/C31H39N5O3/c1-30(2,3)39-29(37)36-17-15-31(16-18-36)13-11-21(12-14-31)26-24(25-27(32)33-19-34-28(25)35(26)4)20-5-7-22(8-6-20)38-23-9-10-23/h5-8,11,19,23H,9-10,12-18H2,1-4H3,(H2,32,33,34). The van der Waals surface area contributed by atoms with E-state index in [0.29, 0.717) is 11.9 Å². The average molecular weight is 530 g/mol. The van der Waals surface area contributed by atoms with Gasteiger partial charge in [-0.05, 0) is 94.4 Å². The molecule has 3 heterocycles. The summed E-state index contributed by atoms with van der Waals surface area (Å²) >= 11 is 0. The minimum Gasteiger partial charge on any atom is -0.490 e. The maximum atomic E-state index is 12.6. The molecule has 1 aromatic carbocycles. The van der Waals surface area contributed by atoms with Crippen molar-refractivity contribution in [1.82, 2.24) is 19.4 Å². The third-order valence-electron chi connectivity index (χ3n) is 8.45. The topological polar surface area (TPSA) is 95.5 Å². The fraction of sp³-hybridized carbons (Fsp3) is 0.516. The summed E-state index contributed by atoms with van der Waals surface area (Å²) in [7, 11) is 2.07. The van der Waals surface area contributed by atoms with Crippen molar-refractivity contribution in [1.29, 1.82) is 0 Å². The Morgan fingerprint density at radius 2 is 1.79 bits per heavy atom. The van der Waals surface area contributed by atoms with Gasteiger partial charge in [0.25, 0.3) is 0 Å². The van der Waals surface area contributed by atoms with Crippen molar-refractivity contribution in [2.45, 2.75) is 77.4 Å². The van der Waals surface area contributed by atoms with E-state index in [0.717, 1.165) is 91.6 Å². The number of aromatic nitrogens is 3. The molecule has 1 saturated heterocycles. The Labute approximate surface area is 230 Å². The van der Waals surface area contributed by atoms with Crippen LogP contribution in [-0.2, 0) is 11.8 Å². The van der Waals surface area contributed by atoms with Crippen molar-refractivity contribution in [3.05, 3.63) is 42.4 Å². The van der Waals surface area contributed by atoms with E-state index >= 15 is 0 Å². The van der Waals surface area contributed by atoms with E-state index < -0.39 is 5.60 Å². The van der Waals surface area contributed by atoms with Crippen LogP contribution in [0.25, 0.3) is 27.7 Å². The summed E-state index contributed by atoms with van der Waals surface area (Å²) in [6.07, 6.45) is 11.5. The van der Waals surface area contributed by atoms with Crippen LogP contribution in [0.2, 0.25) is 0 Å². The second kappa shape index (κ2) is 9.57. The molecule has 39 heavy (non-hydrogen) atoms. The average Bonchev–Trinajstić information content (AvgIpc) is 3.67. The number of piperidine rings is 1. The summed E-state index contributed by atoms with van der Waals surface area (Å²) < 4.78 is 13.8. The number of anilines is 1. The van der Waals surface area contributed by atoms with E-state index in [1.807, 2.05) is 25.7 Å². The predicted molar refractivity (Wildman–Crippen MR) is 153 cm³/mol. The Hall–Kier alpha value is -3.55. The number of likely N-dealkylation sites (tertiary alicyclic amines) is 1. The van der Waals surface area contributed by atoms with Crippen molar-refractivity contribution < 1.29 is 14.3 Å². The van der Waals surface area contributed by atoms with Gasteiger partial charge in [0.2, 0.25) is 0 Å². The molecule has 0 radical (unpaired) electrons. The Kier molecular flexibility index (Phi) is 6.31. The second-order valence-corrected chi connectivity index (χ2v) is 12.5. The van der Waals surface area contributed by atoms with Gasteiger partial charge < -0.3 is 24.7 Å². The van der Waals surface area contributed by atoms with Gasteiger partial charge in [-0.15, -0.1) is 0 Å². The lowest BCUT2D eigenvalue weighted by Crippen LogP contribution is -2.45. The summed E-state index contributed by atoms with van der Waals surface area (Å²) in [4.78, 5) is 23.4. The van der Waals surface area contributed by atoms with Crippen molar-refractivity contribution in [3.8, 4) is 16.9 Å². The molecule has 2 fully saturated rings. The molecule has 0 bridgehead atoms. The predicted octanol–water partition coefficient (Wildman–Crippen LogP) is 6.34. The van der Waals surface area contributed by atoms with Gasteiger partial charge in [-0.1, -0.05) is 18.2 Å². The van der Waals surface area contributed by atoms with Crippen molar-refractivity contribution in [3.63, 3.8) is 0 Å². The molecule has 1 saturated carbocycles. The van der Waals surface area contributed by atoms with Gasteiger partial charge >= 0.3 is 6.09 Å². The molecule has 3 aromatic rings. The van der Waals surface area contributed by atoms with Crippen molar-refractivity contribution >= 4 is 28.5 Å². The maximum absolute atomic E-state index is 12.6. The third-order valence-corrected chi connectivity index (χ3v) is 8.45. The SMILES string of the molecule is Cn1c(C2=CCC3(CC2)CCN(C(=O)OC(C)(C)C)CC3)c(-c2ccc(OC3CC3)cc2)c2c(N)ncnc21. The first-order valence-electron chi connectivity index (χ1n) is 14.2. The van der Waals surface area contributed by atoms with Gasteiger partial charge in [0, 0.05) is 25.7 Å². The highest BCUT2D eigenvalue weighted by atomic mass is 16.6. The third kappa shape index (κ3) is 5.09. The fourth-order valence-corrected chi connectivity index (χ4v) is 6.11. The highest BCUT2D eigenvalue weighted by Gasteiger charge is 2.39. The van der Waals surface area contributed by atoms with E-state index in [2.05, 4.69) is 51.9 Å². The monoisotopic (exact) mass is 529 g/mol. The quantitative estimate of drug-likeness (QED) is 0.424. The number of amides is 1. The molecular weight excluding hydrogens is 490 g/mol. The van der Waals surface area contributed by atoms with Crippen LogP contribution in [0.1, 0.15) is 71.4 Å². The van der Waals surface area contributed by atoms with Gasteiger partial charge in [0.1, 0.15) is 29.1 Å². The summed E-state index contributed by atoms with van der Waals surface area (Å²) in [6, 6.07) is 8.36. The lowest BCUT2D eigenvalue weighted by molar-refractivity contribution is 0.00895. The molecule has 8 nitrogen and oxygen atoms in total. The molecule has 8 heteroatoms. The van der Waals surface area contributed by atoms with Gasteiger partial charge in [-0.2, -0.15) is 0 Å². The summed E-state index contributed by atoms with van der Waals surface area (Å²) in [5.74, 6) is 1.40. The number of hydrogen-bond acceptors (Lipinski definition) is 6. The number of ether oxygens (including phenoxy) is 2. The molecule has 1 amide bonds. The lowest BCUT2D eigenvalue weighted by atomic mass is 9.68. The number of nitrogens with two attached hydrogens (primary N) is 1. The van der Waals surface area contributed by atoms with Crippen LogP contribution in [0.3, 0.4) is 0 Å². The van der Waals surface area contributed by atoms with Crippen LogP contribution >= 0.6 is 0 Å². The molecule has 0 atom stereocenters. The molecule has 2 N–H and O–H groups in total. The highest BCUT2D eigenvalue weighted by molar-refractivity contribution is 6.06. The van der Waals surface area contributed by atoms with Gasteiger partial charge in [-0.25, -0.2) is 14.8 Å². The Bertz CT molecular complexity index is 1420. The molecule has 0 unspecified atom stereocenters. The number of nitrogens with zero attached hydrogens (tertiary/aromatic N) is 4.